The van der Waals surface area contributed by atoms with Gasteiger partial charge in [0.25, 0.3) is 0 Å². The number of hydrogen-bond acceptors (Lipinski definition) is 3. The Labute approximate surface area is 123 Å². The van der Waals surface area contributed by atoms with Gasteiger partial charge in [0.2, 0.25) is 0 Å². The van der Waals surface area contributed by atoms with E-state index in [2.05, 4.69) is 55.3 Å². The highest BCUT2D eigenvalue weighted by molar-refractivity contribution is 5.27. The molecule has 0 spiro atoms. The third kappa shape index (κ3) is 4.50. The number of nitrogens with zero attached hydrogens (tertiary/aromatic N) is 1. The number of piperidine rings is 1. The van der Waals surface area contributed by atoms with Crippen LogP contribution in [0.4, 0.5) is 0 Å². The van der Waals surface area contributed by atoms with E-state index in [1.807, 2.05) is 0 Å². The van der Waals surface area contributed by atoms with Gasteiger partial charge in [-0.25, -0.2) is 0 Å². The molecule has 0 saturated carbocycles. The zero-order valence-corrected chi connectivity index (χ0v) is 13.1. The highest BCUT2D eigenvalue weighted by Gasteiger charge is 2.19. The van der Waals surface area contributed by atoms with Crippen LogP contribution in [-0.4, -0.2) is 36.7 Å². The number of rotatable bonds is 6. The first kappa shape index (κ1) is 15.3. The minimum atomic E-state index is 0.237. The van der Waals surface area contributed by atoms with Crippen LogP contribution in [-0.2, 0) is 6.54 Å². The third-order valence-electron chi connectivity index (χ3n) is 3.87. The van der Waals surface area contributed by atoms with Gasteiger partial charge in [0.05, 0.1) is 6.10 Å². The van der Waals surface area contributed by atoms with Gasteiger partial charge in [-0.3, -0.25) is 4.90 Å². The van der Waals surface area contributed by atoms with E-state index in [4.69, 9.17) is 4.74 Å². The van der Waals surface area contributed by atoms with Gasteiger partial charge in [0, 0.05) is 19.1 Å². The van der Waals surface area contributed by atoms with Crippen LogP contribution >= 0.6 is 0 Å². The fraction of sp³-hybridized carbons (Fsp3) is 0.647. The predicted octanol–water partition coefficient (Wildman–Crippen LogP) is 3.05. The van der Waals surface area contributed by atoms with Gasteiger partial charge in [-0.05, 0) is 57.5 Å². The minimum absolute atomic E-state index is 0.237. The lowest BCUT2D eigenvalue weighted by Gasteiger charge is -2.34. The molecule has 112 valence electrons. The van der Waals surface area contributed by atoms with Crippen LogP contribution in [0.1, 0.15) is 39.2 Å². The minimum Gasteiger partial charge on any atom is -0.491 e. The van der Waals surface area contributed by atoms with Crippen LogP contribution < -0.4 is 10.1 Å². The van der Waals surface area contributed by atoms with Crippen molar-refractivity contribution in [2.75, 3.05) is 19.6 Å². The summed E-state index contributed by atoms with van der Waals surface area (Å²) in [5.74, 6) is 0.964. The molecule has 0 radical (unpaired) electrons. The van der Waals surface area contributed by atoms with Gasteiger partial charge < -0.3 is 10.1 Å². The molecule has 1 aromatic rings. The summed E-state index contributed by atoms with van der Waals surface area (Å²) in [6.07, 6.45) is 2.85. The van der Waals surface area contributed by atoms with Crippen molar-refractivity contribution in [1.82, 2.24) is 10.2 Å². The molecule has 1 fully saturated rings. The second kappa shape index (κ2) is 7.65. The molecule has 1 aliphatic rings. The number of ether oxygens (including phenoxy) is 1. The lowest BCUT2D eigenvalue weighted by Crippen LogP contribution is -2.45. The van der Waals surface area contributed by atoms with Crippen molar-refractivity contribution in [2.24, 2.45) is 0 Å². The first-order valence-corrected chi connectivity index (χ1v) is 7.89. The van der Waals surface area contributed by atoms with E-state index in [0.717, 1.165) is 25.4 Å². The Morgan fingerprint density at radius 3 is 2.60 bits per heavy atom. The Bertz CT molecular complexity index is 382. The van der Waals surface area contributed by atoms with E-state index in [9.17, 15) is 0 Å². The average molecular weight is 276 g/mol. The molecular weight excluding hydrogens is 248 g/mol. The second-order valence-electron chi connectivity index (χ2n) is 5.87. The van der Waals surface area contributed by atoms with Crippen LogP contribution in [0, 0.1) is 0 Å². The topological polar surface area (TPSA) is 24.5 Å². The Balaban J connectivity index is 1.93. The van der Waals surface area contributed by atoms with Gasteiger partial charge >= 0.3 is 0 Å². The molecule has 1 atom stereocenters. The molecule has 1 aromatic carbocycles. The first-order chi connectivity index (χ1) is 9.69. The van der Waals surface area contributed by atoms with Crippen molar-refractivity contribution in [3.05, 3.63) is 29.8 Å². The largest absolute Gasteiger partial charge is 0.491 e. The number of nitrogens with one attached hydrogen (secondary N) is 1. The Hall–Kier alpha value is -1.06. The van der Waals surface area contributed by atoms with Crippen molar-refractivity contribution in [1.29, 1.82) is 0 Å². The molecule has 0 aliphatic carbocycles. The molecule has 1 aliphatic heterocycles. The molecule has 1 N–H and O–H groups in total. The van der Waals surface area contributed by atoms with Crippen molar-refractivity contribution in [3.8, 4) is 5.75 Å². The molecule has 20 heavy (non-hydrogen) atoms. The van der Waals surface area contributed by atoms with Crippen molar-refractivity contribution in [3.63, 3.8) is 0 Å². The fourth-order valence-electron chi connectivity index (χ4n) is 2.82. The normalized spacial score (nSPS) is 19.6. The summed E-state index contributed by atoms with van der Waals surface area (Å²) in [6, 6.07) is 9.23. The maximum absolute atomic E-state index is 5.69. The summed E-state index contributed by atoms with van der Waals surface area (Å²) in [4.78, 5) is 2.57. The maximum Gasteiger partial charge on any atom is 0.119 e. The predicted molar refractivity (Wildman–Crippen MR) is 84.2 cm³/mol. The lowest BCUT2D eigenvalue weighted by molar-refractivity contribution is 0.166. The molecule has 0 aromatic heterocycles. The van der Waals surface area contributed by atoms with Gasteiger partial charge in [0.1, 0.15) is 5.75 Å². The molecule has 0 bridgehead atoms. The zero-order valence-electron chi connectivity index (χ0n) is 13.1. The highest BCUT2D eigenvalue weighted by atomic mass is 16.5. The van der Waals surface area contributed by atoms with E-state index in [-0.39, 0.29) is 6.10 Å². The van der Waals surface area contributed by atoms with Crippen molar-refractivity contribution >= 4 is 0 Å². The average Bonchev–Trinajstić information content (AvgIpc) is 2.47. The van der Waals surface area contributed by atoms with Crippen LogP contribution in [0.25, 0.3) is 0 Å². The number of benzene rings is 1. The Kier molecular flexibility index (Phi) is 5.86. The highest BCUT2D eigenvalue weighted by Crippen LogP contribution is 2.17. The quantitative estimate of drug-likeness (QED) is 0.864. The fourth-order valence-corrected chi connectivity index (χ4v) is 2.82. The molecule has 1 heterocycles. The summed E-state index contributed by atoms with van der Waals surface area (Å²) in [5, 5.41) is 3.50. The summed E-state index contributed by atoms with van der Waals surface area (Å²) in [6.45, 7) is 10.8. The second-order valence-corrected chi connectivity index (χ2v) is 5.87. The van der Waals surface area contributed by atoms with Crippen molar-refractivity contribution < 1.29 is 4.74 Å². The molecule has 3 heteroatoms. The monoisotopic (exact) mass is 276 g/mol. The van der Waals surface area contributed by atoms with E-state index >= 15 is 0 Å². The SMILES string of the molecule is CCN(Cc1ccc(OC(C)C)cc1)C1CCCNC1. The van der Waals surface area contributed by atoms with Gasteiger partial charge in [-0.15, -0.1) is 0 Å². The van der Waals surface area contributed by atoms with Crippen LogP contribution in [0.5, 0.6) is 5.75 Å². The summed E-state index contributed by atoms with van der Waals surface area (Å²) >= 11 is 0. The number of hydrogen-bond donors (Lipinski definition) is 1. The van der Waals surface area contributed by atoms with Gasteiger partial charge in [0.15, 0.2) is 0 Å². The summed E-state index contributed by atoms with van der Waals surface area (Å²) in [5.41, 5.74) is 1.37. The van der Waals surface area contributed by atoms with Crippen LogP contribution in [0.3, 0.4) is 0 Å². The third-order valence-corrected chi connectivity index (χ3v) is 3.87. The molecule has 1 saturated heterocycles. The maximum atomic E-state index is 5.69. The van der Waals surface area contributed by atoms with Gasteiger partial charge in [-0.2, -0.15) is 0 Å². The van der Waals surface area contributed by atoms with Crippen molar-refractivity contribution in [2.45, 2.75) is 52.3 Å². The van der Waals surface area contributed by atoms with E-state index in [1.165, 1.54) is 24.9 Å². The smallest absolute Gasteiger partial charge is 0.119 e. The Morgan fingerprint density at radius 2 is 2.05 bits per heavy atom. The molecule has 3 nitrogen and oxygen atoms in total. The van der Waals surface area contributed by atoms with E-state index in [1.54, 1.807) is 0 Å². The Morgan fingerprint density at radius 1 is 1.30 bits per heavy atom. The molecule has 0 amide bonds. The van der Waals surface area contributed by atoms with Crippen LogP contribution in [0.2, 0.25) is 0 Å². The standard InChI is InChI=1S/C17H28N2O/c1-4-19(16-6-5-11-18-12-16)13-15-7-9-17(10-8-15)20-14(2)3/h7-10,14,16,18H,4-6,11-13H2,1-3H3. The first-order valence-electron chi connectivity index (χ1n) is 7.89. The molecular formula is C17H28N2O. The lowest BCUT2D eigenvalue weighted by atomic mass is 10.0. The van der Waals surface area contributed by atoms with E-state index < -0.39 is 0 Å². The zero-order chi connectivity index (χ0) is 14.4. The molecule has 2 rings (SSSR count). The van der Waals surface area contributed by atoms with E-state index in [0.29, 0.717) is 6.04 Å². The number of likely N-dealkylation sites (N-methyl/N-ethyl adjacent to an activating group) is 1. The van der Waals surface area contributed by atoms with Gasteiger partial charge in [-0.1, -0.05) is 19.1 Å². The summed E-state index contributed by atoms with van der Waals surface area (Å²) in [7, 11) is 0. The molecule has 1 unspecified atom stereocenters. The summed E-state index contributed by atoms with van der Waals surface area (Å²) < 4.78 is 5.69. The van der Waals surface area contributed by atoms with Crippen LogP contribution in [0.15, 0.2) is 24.3 Å².